The second kappa shape index (κ2) is 7.26. The minimum atomic E-state index is 0.150. The van der Waals surface area contributed by atoms with Gasteiger partial charge in [-0.25, -0.2) is 0 Å². The molecule has 2 heteroatoms. The fraction of sp³-hybridized carbons (Fsp3) is 0.350. The molecule has 0 radical (unpaired) electrons. The van der Waals surface area contributed by atoms with Crippen LogP contribution in [-0.4, -0.2) is 5.91 Å². The Morgan fingerprint density at radius 3 is 2.41 bits per heavy atom. The van der Waals surface area contributed by atoms with E-state index in [1.807, 2.05) is 36.4 Å². The average Bonchev–Trinajstić information content (AvgIpc) is 2.57. The van der Waals surface area contributed by atoms with Crippen molar-refractivity contribution < 1.29 is 4.79 Å². The summed E-state index contributed by atoms with van der Waals surface area (Å²) in [5, 5.41) is 3.06. The number of carbonyl (C=O) groups excluding carboxylic acids is 1. The quantitative estimate of drug-likeness (QED) is 0.818. The lowest BCUT2D eigenvalue weighted by Crippen LogP contribution is -2.18. The van der Waals surface area contributed by atoms with Crippen LogP contribution in [0.4, 0.5) is 5.69 Å². The Morgan fingerprint density at radius 1 is 0.909 bits per heavy atom. The summed E-state index contributed by atoms with van der Waals surface area (Å²) in [5.74, 6) is 0.725. The molecule has 0 saturated heterocycles. The minimum absolute atomic E-state index is 0.150. The van der Waals surface area contributed by atoms with E-state index in [0.29, 0.717) is 12.3 Å². The van der Waals surface area contributed by atoms with Gasteiger partial charge in [-0.1, -0.05) is 61.7 Å². The Bertz CT molecular complexity index is 615. The average molecular weight is 293 g/mol. The number of carbonyl (C=O) groups is 1. The first-order chi connectivity index (χ1) is 10.8. The number of nitrogens with one attached hydrogen (secondary N) is 1. The van der Waals surface area contributed by atoms with Crippen LogP contribution in [0.3, 0.4) is 0 Å². The van der Waals surface area contributed by atoms with Gasteiger partial charge in [-0.3, -0.25) is 4.79 Å². The molecule has 2 nitrogen and oxygen atoms in total. The largest absolute Gasteiger partial charge is 0.326 e. The molecule has 2 aromatic rings. The molecule has 0 spiro atoms. The fourth-order valence-corrected chi connectivity index (χ4v) is 3.27. The monoisotopic (exact) mass is 293 g/mol. The molecule has 0 aromatic heterocycles. The third kappa shape index (κ3) is 3.97. The van der Waals surface area contributed by atoms with Crippen molar-refractivity contribution in [3.8, 4) is 11.1 Å². The standard InChI is InChI=1S/C20H23NO/c22-20(14-16-8-3-1-4-9-16)21-19-13-7-12-18(15-19)17-10-5-2-6-11-17/h2,5-7,10-13,15-16H,1,3-4,8-9,14H2,(H,21,22). The third-order valence-electron chi connectivity index (χ3n) is 4.45. The van der Waals surface area contributed by atoms with E-state index in [0.717, 1.165) is 11.3 Å². The number of hydrogen-bond acceptors (Lipinski definition) is 1. The summed E-state index contributed by atoms with van der Waals surface area (Å²) >= 11 is 0. The summed E-state index contributed by atoms with van der Waals surface area (Å²) < 4.78 is 0. The highest BCUT2D eigenvalue weighted by molar-refractivity contribution is 5.91. The first-order valence-corrected chi connectivity index (χ1v) is 8.26. The molecule has 0 bridgehead atoms. The van der Waals surface area contributed by atoms with Gasteiger partial charge >= 0.3 is 0 Å². The molecule has 0 unspecified atom stereocenters. The van der Waals surface area contributed by atoms with Crippen molar-refractivity contribution in [2.45, 2.75) is 38.5 Å². The Balaban J connectivity index is 1.64. The second-order valence-electron chi connectivity index (χ2n) is 6.20. The van der Waals surface area contributed by atoms with Gasteiger partial charge in [0.15, 0.2) is 0 Å². The van der Waals surface area contributed by atoms with Crippen LogP contribution in [0, 0.1) is 5.92 Å². The van der Waals surface area contributed by atoms with Gasteiger partial charge in [-0.15, -0.1) is 0 Å². The van der Waals surface area contributed by atoms with Gasteiger partial charge in [0.25, 0.3) is 0 Å². The number of hydrogen-bond donors (Lipinski definition) is 1. The van der Waals surface area contributed by atoms with Crippen LogP contribution < -0.4 is 5.32 Å². The topological polar surface area (TPSA) is 29.1 Å². The summed E-state index contributed by atoms with van der Waals surface area (Å²) in [6.45, 7) is 0. The highest BCUT2D eigenvalue weighted by atomic mass is 16.1. The van der Waals surface area contributed by atoms with Crippen LogP contribution in [0.25, 0.3) is 11.1 Å². The lowest BCUT2D eigenvalue weighted by molar-refractivity contribution is -0.117. The van der Waals surface area contributed by atoms with Gasteiger partial charge in [-0.2, -0.15) is 0 Å². The molecule has 114 valence electrons. The summed E-state index contributed by atoms with van der Waals surface area (Å²) in [7, 11) is 0. The highest BCUT2D eigenvalue weighted by Crippen LogP contribution is 2.27. The molecule has 1 aliphatic carbocycles. The van der Waals surface area contributed by atoms with Crippen molar-refractivity contribution in [1.29, 1.82) is 0 Å². The van der Waals surface area contributed by atoms with E-state index in [9.17, 15) is 4.79 Å². The molecular formula is C20H23NO. The van der Waals surface area contributed by atoms with E-state index in [1.165, 1.54) is 37.7 Å². The van der Waals surface area contributed by atoms with Crippen LogP contribution in [0.1, 0.15) is 38.5 Å². The molecule has 1 saturated carbocycles. The molecule has 0 heterocycles. The molecule has 0 aliphatic heterocycles. The zero-order valence-corrected chi connectivity index (χ0v) is 12.9. The van der Waals surface area contributed by atoms with Crippen LogP contribution in [-0.2, 0) is 4.79 Å². The second-order valence-corrected chi connectivity index (χ2v) is 6.20. The van der Waals surface area contributed by atoms with Crippen molar-refractivity contribution >= 4 is 11.6 Å². The summed E-state index contributed by atoms with van der Waals surface area (Å²) in [6, 6.07) is 18.3. The van der Waals surface area contributed by atoms with Gasteiger partial charge in [0.2, 0.25) is 5.91 Å². The minimum Gasteiger partial charge on any atom is -0.326 e. The van der Waals surface area contributed by atoms with Crippen LogP contribution in [0.2, 0.25) is 0 Å². The number of anilines is 1. The number of rotatable bonds is 4. The van der Waals surface area contributed by atoms with E-state index < -0.39 is 0 Å². The van der Waals surface area contributed by atoms with Crippen LogP contribution in [0.5, 0.6) is 0 Å². The molecule has 22 heavy (non-hydrogen) atoms. The maximum Gasteiger partial charge on any atom is 0.224 e. The first kappa shape index (κ1) is 14.8. The maximum atomic E-state index is 12.2. The van der Waals surface area contributed by atoms with Gasteiger partial charge in [0.05, 0.1) is 0 Å². The van der Waals surface area contributed by atoms with Crippen molar-refractivity contribution in [2.75, 3.05) is 5.32 Å². The summed E-state index contributed by atoms with van der Waals surface area (Å²) in [4.78, 5) is 12.2. The Kier molecular flexibility index (Phi) is 4.89. The number of amides is 1. The summed E-state index contributed by atoms with van der Waals surface area (Å²) in [5.41, 5.74) is 3.20. The molecular weight excluding hydrogens is 270 g/mol. The van der Waals surface area contributed by atoms with Crippen molar-refractivity contribution in [3.63, 3.8) is 0 Å². The molecule has 2 aromatic carbocycles. The van der Waals surface area contributed by atoms with E-state index in [4.69, 9.17) is 0 Å². The van der Waals surface area contributed by atoms with Gasteiger partial charge in [-0.05, 0) is 42.0 Å². The lowest BCUT2D eigenvalue weighted by Gasteiger charge is -2.20. The summed E-state index contributed by atoms with van der Waals surface area (Å²) in [6.07, 6.45) is 6.96. The van der Waals surface area contributed by atoms with Crippen molar-refractivity contribution in [3.05, 3.63) is 54.6 Å². The van der Waals surface area contributed by atoms with Crippen LogP contribution >= 0.6 is 0 Å². The molecule has 1 aliphatic rings. The molecule has 3 rings (SSSR count). The van der Waals surface area contributed by atoms with E-state index in [2.05, 4.69) is 23.5 Å². The van der Waals surface area contributed by atoms with Crippen molar-refractivity contribution in [1.82, 2.24) is 0 Å². The smallest absolute Gasteiger partial charge is 0.224 e. The molecule has 1 fully saturated rings. The Labute approximate surface area is 132 Å². The lowest BCUT2D eigenvalue weighted by atomic mass is 9.87. The van der Waals surface area contributed by atoms with Gasteiger partial charge in [0.1, 0.15) is 0 Å². The van der Waals surface area contributed by atoms with Crippen LogP contribution in [0.15, 0.2) is 54.6 Å². The first-order valence-electron chi connectivity index (χ1n) is 8.26. The Hall–Kier alpha value is -2.09. The van der Waals surface area contributed by atoms with E-state index in [1.54, 1.807) is 0 Å². The van der Waals surface area contributed by atoms with Gasteiger partial charge < -0.3 is 5.32 Å². The zero-order chi connectivity index (χ0) is 15.2. The predicted octanol–water partition coefficient (Wildman–Crippen LogP) is 5.26. The molecule has 1 amide bonds. The van der Waals surface area contributed by atoms with E-state index in [-0.39, 0.29) is 5.91 Å². The molecule has 0 atom stereocenters. The third-order valence-corrected chi connectivity index (χ3v) is 4.45. The van der Waals surface area contributed by atoms with E-state index >= 15 is 0 Å². The van der Waals surface area contributed by atoms with Gasteiger partial charge in [0, 0.05) is 12.1 Å². The normalized spacial score (nSPS) is 15.5. The maximum absolute atomic E-state index is 12.2. The molecule has 1 N–H and O–H groups in total. The fourth-order valence-electron chi connectivity index (χ4n) is 3.27. The zero-order valence-electron chi connectivity index (χ0n) is 12.9. The number of benzene rings is 2. The highest BCUT2D eigenvalue weighted by Gasteiger charge is 2.17. The van der Waals surface area contributed by atoms with Crippen molar-refractivity contribution in [2.24, 2.45) is 5.92 Å². The predicted molar refractivity (Wildman–Crippen MR) is 91.7 cm³/mol. The Morgan fingerprint density at radius 2 is 1.64 bits per heavy atom. The SMILES string of the molecule is O=C(CC1CCCCC1)Nc1cccc(-c2ccccc2)c1.